The molecule has 0 aliphatic heterocycles. The van der Waals surface area contributed by atoms with Crippen molar-refractivity contribution in [3.63, 3.8) is 0 Å². The number of benzene rings is 2. The summed E-state index contributed by atoms with van der Waals surface area (Å²) in [6, 6.07) is 8.63. The van der Waals surface area contributed by atoms with E-state index in [0.29, 0.717) is 11.5 Å². The third-order valence-electron chi connectivity index (χ3n) is 3.04. The average molecular weight is 294 g/mol. The van der Waals surface area contributed by atoms with Gasteiger partial charge in [-0.15, -0.1) is 0 Å². The lowest BCUT2D eigenvalue weighted by Crippen LogP contribution is -2.10. The van der Waals surface area contributed by atoms with Gasteiger partial charge in [-0.25, -0.2) is 8.78 Å². The van der Waals surface area contributed by atoms with Gasteiger partial charge in [0.1, 0.15) is 12.7 Å². The van der Waals surface area contributed by atoms with Gasteiger partial charge in [-0.3, -0.25) is 0 Å². The predicted molar refractivity (Wildman–Crippen MR) is 74.5 cm³/mol. The molecule has 0 aliphatic carbocycles. The minimum absolute atomic E-state index is 0.0928. The summed E-state index contributed by atoms with van der Waals surface area (Å²) < 4.78 is 36.6. The van der Waals surface area contributed by atoms with Crippen molar-refractivity contribution in [1.82, 2.24) is 0 Å². The lowest BCUT2D eigenvalue weighted by Gasteiger charge is -2.15. The topological polar surface area (TPSA) is 38.7 Å². The van der Waals surface area contributed by atoms with Gasteiger partial charge in [-0.05, 0) is 42.3 Å². The molecule has 0 heterocycles. The smallest absolute Gasteiger partial charge is 0.161 e. The van der Waals surface area contributed by atoms with Crippen molar-refractivity contribution >= 4 is 0 Å². The van der Waals surface area contributed by atoms with E-state index >= 15 is 0 Å². The van der Waals surface area contributed by atoms with Gasteiger partial charge in [0, 0.05) is 0 Å². The highest BCUT2D eigenvalue weighted by atomic mass is 19.2. The number of aryl methyl sites for hydroxylation is 1. The van der Waals surface area contributed by atoms with Crippen LogP contribution in [0.15, 0.2) is 36.4 Å². The van der Waals surface area contributed by atoms with Crippen LogP contribution < -0.4 is 9.47 Å². The number of rotatable bonds is 5. The van der Waals surface area contributed by atoms with Crippen LogP contribution in [0.5, 0.6) is 11.5 Å². The van der Waals surface area contributed by atoms with Gasteiger partial charge >= 0.3 is 0 Å². The van der Waals surface area contributed by atoms with Crippen LogP contribution in [0.25, 0.3) is 0 Å². The number of ether oxygens (including phenoxy) is 2. The van der Waals surface area contributed by atoms with E-state index in [-0.39, 0.29) is 12.2 Å². The van der Waals surface area contributed by atoms with Gasteiger partial charge in [-0.1, -0.05) is 12.1 Å². The van der Waals surface area contributed by atoms with E-state index in [4.69, 9.17) is 9.47 Å². The Hall–Kier alpha value is -2.14. The SMILES string of the molecule is COc1cc(C)ccc1OCC(O)c1ccc(F)c(F)c1. The molecule has 0 aromatic heterocycles. The predicted octanol–water partition coefficient (Wildman–Crippen LogP) is 3.39. The molecule has 5 heteroatoms. The number of methoxy groups -OCH3 is 1. The van der Waals surface area contributed by atoms with Gasteiger partial charge in [0.05, 0.1) is 7.11 Å². The van der Waals surface area contributed by atoms with Crippen molar-refractivity contribution in [2.24, 2.45) is 0 Å². The minimum Gasteiger partial charge on any atom is -0.493 e. The fourth-order valence-electron chi connectivity index (χ4n) is 1.88. The van der Waals surface area contributed by atoms with Crippen LogP contribution in [-0.4, -0.2) is 18.8 Å². The summed E-state index contributed by atoms with van der Waals surface area (Å²) in [6.45, 7) is 1.83. The summed E-state index contributed by atoms with van der Waals surface area (Å²) in [5.74, 6) is -0.927. The molecule has 0 fully saturated rings. The Bertz CT molecular complexity index is 629. The summed E-state index contributed by atoms with van der Waals surface area (Å²) in [4.78, 5) is 0. The van der Waals surface area contributed by atoms with E-state index in [1.165, 1.54) is 13.2 Å². The van der Waals surface area contributed by atoms with Gasteiger partial charge < -0.3 is 14.6 Å². The summed E-state index contributed by atoms with van der Waals surface area (Å²) in [5.41, 5.74) is 1.26. The highest BCUT2D eigenvalue weighted by Crippen LogP contribution is 2.29. The standard InChI is InChI=1S/C16H16F2O3/c1-10-3-6-15(16(7-10)20-2)21-9-14(19)11-4-5-12(17)13(18)8-11/h3-8,14,19H,9H2,1-2H3. The fourth-order valence-corrected chi connectivity index (χ4v) is 1.88. The first-order chi connectivity index (χ1) is 10.0. The number of hydrogen-bond donors (Lipinski definition) is 1. The first-order valence-corrected chi connectivity index (χ1v) is 6.41. The van der Waals surface area contributed by atoms with Crippen LogP contribution in [0, 0.1) is 18.6 Å². The summed E-state index contributed by atoms with van der Waals surface area (Å²) in [5, 5.41) is 9.96. The first kappa shape index (κ1) is 15.3. The Labute approximate surface area is 121 Å². The number of aliphatic hydroxyl groups excluding tert-OH is 1. The Morgan fingerprint density at radius 3 is 2.48 bits per heavy atom. The van der Waals surface area contributed by atoms with Crippen LogP contribution >= 0.6 is 0 Å². The number of halogens is 2. The maximum Gasteiger partial charge on any atom is 0.161 e. The van der Waals surface area contributed by atoms with E-state index in [0.717, 1.165) is 17.7 Å². The molecule has 1 N–H and O–H groups in total. The van der Waals surface area contributed by atoms with Gasteiger partial charge in [0.15, 0.2) is 23.1 Å². The fraction of sp³-hybridized carbons (Fsp3) is 0.250. The van der Waals surface area contributed by atoms with Crippen molar-refractivity contribution in [1.29, 1.82) is 0 Å². The van der Waals surface area contributed by atoms with E-state index in [1.807, 2.05) is 13.0 Å². The summed E-state index contributed by atoms with van der Waals surface area (Å²) >= 11 is 0. The molecular formula is C16H16F2O3. The maximum atomic E-state index is 13.1. The molecule has 0 amide bonds. The molecule has 0 aliphatic rings. The second-order valence-corrected chi connectivity index (χ2v) is 4.65. The van der Waals surface area contributed by atoms with Gasteiger partial charge in [0.2, 0.25) is 0 Å². The molecular weight excluding hydrogens is 278 g/mol. The van der Waals surface area contributed by atoms with E-state index in [1.54, 1.807) is 12.1 Å². The monoisotopic (exact) mass is 294 g/mol. The van der Waals surface area contributed by atoms with E-state index < -0.39 is 17.7 Å². The Morgan fingerprint density at radius 2 is 1.81 bits per heavy atom. The van der Waals surface area contributed by atoms with Crippen molar-refractivity contribution in [2.45, 2.75) is 13.0 Å². The third kappa shape index (κ3) is 3.70. The molecule has 1 atom stereocenters. The van der Waals surface area contributed by atoms with Crippen molar-refractivity contribution in [2.75, 3.05) is 13.7 Å². The zero-order valence-electron chi connectivity index (χ0n) is 11.8. The van der Waals surface area contributed by atoms with E-state index in [2.05, 4.69) is 0 Å². The molecule has 112 valence electrons. The van der Waals surface area contributed by atoms with Crippen molar-refractivity contribution in [3.8, 4) is 11.5 Å². The first-order valence-electron chi connectivity index (χ1n) is 6.41. The Kier molecular flexibility index (Phi) is 4.75. The van der Waals surface area contributed by atoms with Crippen LogP contribution in [0.2, 0.25) is 0 Å². The molecule has 1 unspecified atom stereocenters. The van der Waals surface area contributed by atoms with E-state index in [9.17, 15) is 13.9 Å². The molecule has 0 spiro atoms. The molecule has 0 radical (unpaired) electrons. The lowest BCUT2D eigenvalue weighted by molar-refractivity contribution is 0.106. The normalized spacial score (nSPS) is 12.0. The maximum absolute atomic E-state index is 13.1. The Morgan fingerprint density at radius 1 is 1.05 bits per heavy atom. The average Bonchev–Trinajstić information content (AvgIpc) is 2.48. The largest absolute Gasteiger partial charge is 0.493 e. The van der Waals surface area contributed by atoms with Crippen LogP contribution in [-0.2, 0) is 0 Å². The van der Waals surface area contributed by atoms with Crippen molar-refractivity contribution < 1.29 is 23.4 Å². The van der Waals surface area contributed by atoms with Gasteiger partial charge in [0.25, 0.3) is 0 Å². The van der Waals surface area contributed by atoms with Gasteiger partial charge in [-0.2, -0.15) is 0 Å². The minimum atomic E-state index is -1.06. The molecule has 21 heavy (non-hydrogen) atoms. The Balaban J connectivity index is 2.07. The summed E-state index contributed by atoms with van der Waals surface area (Å²) in [6.07, 6.45) is -1.06. The van der Waals surface area contributed by atoms with Crippen LogP contribution in [0.1, 0.15) is 17.2 Å². The highest BCUT2D eigenvalue weighted by molar-refractivity contribution is 5.42. The molecule has 3 nitrogen and oxygen atoms in total. The molecule has 2 aromatic carbocycles. The quantitative estimate of drug-likeness (QED) is 0.918. The zero-order chi connectivity index (χ0) is 15.4. The zero-order valence-corrected chi connectivity index (χ0v) is 11.8. The lowest BCUT2D eigenvalue weighted by atomic mass is 10.1. The third-order valence-corrected chi connectivity index (χ3v) is 3.04. The molecule has 0 saturated heterocycles. The molecule has 2 rings (SSSR count). The van der Waals surface area contributed by atoms with Crippen LogP contribution in [0.4, 0.5) is 8.78 Å². The second kappa shape index (κ2) is 6.54. The molecule has 0 bridgehead atoms. The summed E-state index contributed by atoms with van der Waals surface area (Å²) in [7, 11) is 1.52. The number of aliphatic hydroxyl groups is 1. The second-order valence-electron chi connectivity index (χ2n) is 4.65. The molecule has 0 saturated carbocycles. The highest BCUT2D eigenvalue weighted by Gasteiger charge is 2.13. The van der Waals surface area contributed by atoms with Crippen molar-refractivity contribution in [3.05, 3.63) is 59.2 Å². The van der Waals surface area contributed by atoms with Crippen LogP contribution in [0.3, 0.4) is 0 Å². The molecule has 2 aromatic rings. The number of hydrogen-bond acceptors (Lipinski definition) is 3.